The number of aliphatic hydroxyl groups is 12. The lowest BCUT2D eigenvalue weighted by atomic mass is 9.96. The minimum absolute atomic E-state index is 0.471. The Kier molecular flexibility index (Phi) is 11.5. The molecule has 12 N–H and O–H groups in total. The van der Waals surface area contributed by atoms with Crippen molar-refractivity contribution >= 4 is 0 Å². The summed E-state index contributed by atoms with van der Waals surface area (Å²) in [6.07, 6.45) is -31.3. The SMILES string of the molecule is C[C@@H]1O[C@@H](OC[C@H]2O[C@@H](O)[C@H](O[C@@H]3O[C@H](CO)[C@@H](O)[C@H](O)[C@H]3O)[C@@H](O)[C@@H]2O[C@@H]2OC[C@@H](O)[C@H](O)[C@H]2O)[C@H](O)[C@H](O)[C@H]1O. The highest BCUT2D eigenvalue weighted by Crippen LogP contribution is 2.32. The molecular weight excluding hydrogens is 580 g/mol. The number of aliphatic hydroxyl groups excluding tert-OH is 12. The molecule has 19 atom stereocenters. The van der Waals surface area contributed by atoms with Gasteiger partial charge in [0.15, 0.2) is 25.2 Å². The van der Waals surface area contributed by atoms with Crippen molar-refractivity contribution in [1.82, 2.24) is 0 Å². The summed E-state index contributed by atoms with van der Waals surface area (Å²) in [7, 11) is 0. The van der Waals surface area contributed by atoms with E-state index >= 15 is 0 Å². The van der Waals surface area contributed by atoms with E-state index in [0.717, 1.165) is 0 Å². The third-order valence-electron chi connectivity index (χ3n) is 7.75. The number of hydrogen-bond acceptors (Lipinski definition) is 19. The second-order valence-electron chi connectivity index (χ2n) is 10.7. The lowest BCUT2D eigenvalue weighted by Gasteiger charge is -2.47. The Labute approximate surface area is 238 Å². The average Bonchev–Trinajstić information content (AvgIpc) is 2.96. The van der Waals surface area contributed by atoms with Crippen LogP contribution in [0.5, 0.6) is 0 Å². The van der Waals surface area contributed by atoms with Crippen LogP contribution in [0.15, 0.2) is 0 Å². The molecule has 0 saturated carbocycles. The topological polar surface area (TPSA) is 307 Å². The van der Waals surface area contributed by atoms with Gasteiger partial charge in [0.1, 0.15) is 85.5 Å². The van der Waals surface area contributed by atoms with Gasteiger partial charge in [-0.05, 0) is 6.92 Å². The van der Waals surface area contributed by atoms with E-state index in [4.69, 9.17) is 33.2 Å². The van der Waals surface area contributed by atoms with E-state index in [1.807, 2.05) is 0 Å². The van der Waals surface area contributed by atoms with Crippen LogP contribution in [0.4, 0.5) is 0 Å². The predicted molar refractivity (Wildman–Crippen MR) is 126 cm³/mol. The highest BCUT2D eigenvalue weighted by atomic mass is 16.8. The minimum Gasteiger partial charge on any atom is -0.394 e. The molecule has 4 aliphatic heterocycles. The molecule has 0 aromatic rings. The first-order valence-corrected chi connectivity index (χ1v) is 13.4. The van der Waals surface area contributed by atoms with E-state index in [1.54, 1.807) is 0 Å². The van der Waals surface area contributed by atoms with E-state index in [2.05, 4.69) is 0 Å². The second-order valence-corrected chi connectivity index (χ2v) is 10.7. The fourth-order valence-corrected chi connectivity index (χ4v) is 5.09. The molecule has 0 aliphatic carbocycles. The Morgan fingerprint density at radius 2 is 1.17 bits per heavy atom. The van der Waals surface area contributed by atoms with Gasteiger partial charge in [-0.15, -0.1) is 0 Å². The molecule has 4 heterocycles. The highest BCUT2D eigenvalue weighted by molar-refractivity contribution is 4.96. The second kappa shape index (κ2) is 14.1. The van der Waals surface area contributed by atoms with Crippen molar-refractivity contribution in [2.75, 3.05) is 19.8 Å². The summed E-state index contributed by atoms with van der Waals surface area (Å²) in [5.41, 5.74) is 0. The van der Waals surface area contributed by atoms with Crippen LogP contribution in [0.25, 0.3) is 0 Å². The van der Waals surface area contributed by atoms with Gasteiger partial charge in [0.05, 0.1) is 25.9 Å². The summed E-state index contributed by atoms with van der Waals surface area (Å²) in [5, 5.41) is 122. The van der Waals surface area contributed by atoms with Crippen LogP contribution in [0, 0.1) is 0 Å². The minimum atomic E-state index is -2.01. The first-order chi connectivity index (χ1) is 19.8. The molecule has 42 heavy (non-hydrogen) atoms. The van der Waals surface area contributed by atoms with Gasteiger partial charge >= 0.3 is 0 Å². The lowest BCUT2D eigenvalue weighted by Crippen LogP contribution is -2.66. The zero-order valence-electron chi connectivity index (χ0n) is 22.3. The van der Waals surface area contributed by atoms with E-state index < -0.39 is 137 Å². The number of hydrogen-bond donors (Lipinski definition) is 12. The molecule has 19 nitrogen and oxygen atoms in total. The molecular formula is C23H40O19. The van der Waals surface area contributed by atoms with E-state index in [0.29, 0.717) is 0 Å². The molecule has 0 aromatic heterocycles. The predicted octanol–water partition coefficient (Wildman–Crippen LogP) is -8.08. The molecule has 4 fully saturated rings. The van der Waals surface area contributed by atoms with Crippen LogP contribution < -0.4 is 0 Å². The van der Waals surface area contributed by atoms with Crippen LogP contribution in [0.1, 0.15) is 6.92 Å². The largest absolute Gasteiger partial charge is 0.394 e. The lowest BCUT2D eigenvalue weighted by molar-refractivity contribution is -0.382. The van der Waals surface area contributed by atoms with Gasteiger partial charge in [-0.2, -0.15) is 0 Å². The van der Waals surface area contributed by atoms with Gasteiger partial charge in [0.25, 0.3) is 0 Å². The van der Waals surface area contributed by atoms with Gasteiger partial charge in [-0.3, -0.25) is 0 Å². The zero-order chi connectivity index (χ0) is 31.0. The van der Waals surface area contributed by atoms with Crippen LogP contribution in [-0.2, 0) is 33.2 Å². The molecule has 4 aliphatic rings. The van der Waals surface area contributed by atoms with E-state index in [9.17, 15) is 61.3 Å². The first-order valence-electron chi connectivity index (χ1n) is 13.4. The number of rotatable bonds is 8. The molecule has 4 rings (SSSR count). The maximum absolute atomic E-state index is 11.2. The fraction of sp³-hybridized carbons (Fsp3) is 1.00. The summed E-state index contributed by atoms with van der Waals surface area (Å²) in [6, 6.07) is 0. The Morgan fingerprint density at radius 1 is 0.571 bits per heavy atom. The maximum Gasteiger partial charge on any atom is 0.187 e. The van der Waals surface area contributed by atoms with Crippen molar-refractivity contribution < 1.29 is 94.4 Å². The van der Waals surface area contributed by atoms with Crippen LogP contribution >= 0.6 is 0 Å². The van der Waals surface area contributed by atoms with Gasteiger partial charge in [-0.25, -0.2) is 0 Å². The molecule has 19 heteroatoms. The van der Waals surface area contributed by atoms with Gasteiger partial charge in [-0.1, -0.05) is 0 Å². The van der Waals surface area contributed by atoms with Crippen molar-refractivity contribution in [1.29, 1.82) is 0 Å². The Bertz CT molecular complexity index is 853. The molecule has 4 saturated heterocycles. The molecule has 0 aromatic carbocycles. The Hall–Kier alpha value is -0.760. The molecule has 0 unspecified atom stereocenters. The van der Waals surface area contributed by atoms with Crippen molar-refractivity contribution in [3.05, 3.63) is 0 Å². The van der Waals surface area contributed by atoms with E-state index in [1.165, 1.54) is 6.92 Å². The standard InChI is InChI=1S/C23H40O19/c1-5-9(26)12(29)15(32)21(38-5)37-4-8-18(41-22-14(31)10(27)6(25)3-36-22)17(34)19(20(35)39-8)42-23-16(33)13(30)11(28)7(2-24)40-23/h5-35H,2-4H2,1H3/t5-,6+,7+,8+,9-,10-,11+,12+,13-,14+,15+,16+,17-,18+,19+,20+,21+,22-,23-/m0/s1. The fourth-order valence-electron chi connectivity index (χ4n) is 5.09. The molecule has 0 bridgehead atoms. The summed E-state index contributed by atoms with van der Waals surface area (Å²) in [5.74, 6) is 0. The Morgan fingerprint density at radius 3 is 1.83 bits per heavy atom. The first kappa shape index (κ1) is 34.1. The van der Waals surface area contributed by atoms with Gasteiger partial charge < -0.3 is 94.4 Å². The zero-order valence-corrected chi connectivity index (χ0v) is 22.3. The summed E-state index contributed by atoms with van der Waals surface area (Å²) >= 11 is 0. The Balaban J connectivity index is 1.51. The smallest absolute Gasteiger partial charge is 0.187 e. The van der Waals surface area contributed by atoms with Crippen molar-refractivity contribution in [2.45, 2.75) is 124 Å². The van der Waals surface area contributed by atoms with Crippen LogP contribution in [-0.4, -0.2) is 198 Å². The number of ether oxygens (including phenoxy) is 7. The van der Waals surface area contributed by atoms with E-state index in [-0.39, 0.29) is 0 Å². The summed E-state index contributed by atoms with van der Waals surface area (Å²) in [6.45, 7) is -0.458. The normalized spacial score (nSPS) is 54.1. The summed E-state index contributed by atoms with van der Waals surface area (Å²) in [4.78, 5) is 0. The van der Waals surface area contributed by atoms with Crippen molar-refractivity contribution in [2.24, 2.45) is 0 Å². The van der Waals surface area contributed by atoms with Crippen LogP contribution in [0.3, 0.4) is 0 Å². The van der Waals surface area contributed by atoms with Gasteiger partial charge in [0, 0.05) is 0 Å². The third kappa shape index (κ3) is 6.89. The summed E-state index contributed by atoms with van der Waals surface area (Å²) < 4.78 is 38.0. The van der Waals surface area contributed by atoms with Crippen molar-refractivity contribution in [3.8, 4) is 0 Å². The molecule has 0 radical (unpaired) electrons. The third-order valence-corrected chi connectivity index (χ3v) is 7.75. The van der Waals surface area contributed by atoms with Crippen molar-refractivity contribution in [3.63, 3.8) is 0 Å². The van der Waals surface area contributed by atoms with Gasteiger partial charge in [0.2, 0.25) is 0 Å². The van der Waals surface area contributed by atoms with Crippen LogP contribution in [0.2, 0.25) is 0 Å². The molecule has 0 amide bonds. The monoisotopic (exact) mass is 620 g/mol. The highest BCUT2D eigenvalue weighted by Gasteiger charge is 2.53. The molecule has 0 spiro atoms. The maximum atomic E-state index is 11.2. The average molecular weight is 621 g/mol. The molecule has 246 valence electrons. The quantitative estimate of drug-likeness (QED) is 0.120.